The fourth-order valence-corrected chi connectivity index (χ4v) is 2.49. The molecule has 0 radical (unpaired) electrons. The maximum absolute atomic E-state index is 12.0. The Kier molecular flexibility index (Phi) is 4.61. The molecule has 3 heteroatoms. The van der Waals surface area contributed by atoms with Crippen LogP contribution >= 0.6 is 0 Å². The SMILES string of the molecule is CC(NC(=O)Cc1cccc(O)c1)C1=CCCCC1. The summed E-state index contributed by atoms with van der Waals surface area (Å²) in [6.45, 7) is 2.04. The van der Waals surface area contributed by atoms with Crippen LogP contribution in [0.2, 0.25) is 0 Å². The molecule has 0 saturated carbocycles. The van der Waals surface area contributed by atoms with Crippen LogP contribution in [-0.4, -0.2) is 17.1 Å². The average molecular weight is 259 g/mol. The molecule has 0 aromatic heterocycles. The van der Waals surface area contributed by atoms with Crippen LogP contribution in [0.3, 0.4) is 0 Å². The van der Waals surface area contributed by atoms with Crippen LogP contribution < -0.4 is 5.32 Å². The molecule has 0 aliphatic heterocycles. The Labute approximate surface area is 114 Å². The highest BCUT2D eigenvalue weighted by Gasteiger charge is 2.14. The summed E-state index contributed by atoms with van der Waals surface area (Å²) < 4.78 is 0. The first kappa shape index (κ1) is 13.7. The van der Waals surface area contributed by atoms with Crippen molar-refractivity contribution in [3.63, 3.8) is 0 Å². The second-order valence-electron chi connectivity index (χ2n) is 5.16. The van der Waals surface area contributed by atoms with E-state index < -0.39 is 0 Å². The largest absolute Gasteiger partial charge is 0.508 e. The summed E-state index contributed by atoms with van der Waals surface area (Å²) in [5, 5.41) is 12.4. The summed E-state index contributed by atoms with van der Waals surface area (Å²) in [5.41, 5.74) is 2.18. The number of rotatable bonds is 4. The van der Waals surface area contributed by atoms with Crippen molar-refractivity contribution in [3.05, 3.63) is 41.5 Å². The number of benzene rings is 1. The molecule has 1 unspecified atom stereocenters. The van der Waals surface area contributed by atoms with Gasteiger partial charge in [0.05, 0.1) is 6.42 Å². The van der Waals surface area contributed by atoms with Crippen molar-refractivity contribution >= 4 is 5.91 Å². The van der Waals surface area contributed by atoms with E-state index in [4.69, 9.17) is 0 Å². The van der Waals surface area contributed by atoms with E-state index >= 15 is 0 Å². The molecule has 1 aliphatic carbocycles. The maximum atomic E-state index is 12.0. The first-order valence-corrected chi connectivity index (χ1v) is 6.91. The van der Waals surface area contributed by atoms with E-state index in [0.29, 0.717) is 6.42 Å². The Morgan fingerprint density at radius 3 is 2.95 bits per heavy atom. The highest BCUT2D eigenvalue weighted by Crippen LogP contribution is 2.20. The lowest BCUT2D eigenvalue weighted by Gasteiger charge is -2.20. The molecular formula is C16H21NO2. The number of allylic oxidation sites excluding steroid dienone is 1. The molecule has 0 saturated heterocycles. The van der Waals surface area contributed by atoms with Gasteiger partial charge in [0.25, 0.3) is 0 Å². The lowest BCUT2D eigenvalue weighted by atomic mass is 9.94. The summed E-state index contributed by atoms with van der Waals surface area (Å²) in [6, 6.07) is 6.96. The van der Waals surface area contributed by atoms with Crippen LogP contribution in [0.15, 0.2) is 35.9 Å². The summed E-state index contributed by atoms with van der Waals surface area (Å²) in [7, 11) is 0. The number of hydrogen-bond donors (Lipinski definition) is 2. The summed E-state index contributed by atoms with van der Waals surface area (Å²) in [4.78, 5) is 12.0. The van der Waals surface area contributed by atoms with Gasteiger partial charge < -0.3 is 10.4 Å². The molecule has 1 atom stereocenters. The number of amides is 1. The standard InChI is InChI=1S/C16H21NO2/c1-12(14-7-3-2-4-8-14)17-16(19)11-13-6-5-9-15(18)10-13/h5-7,9-10,12,18H,2-4,8,11H2,1H3,(H,17,19). The van der Waals surface area contributed by atoms with Crippen molar-refractivity contribution in [1.82, 2.24) is 5.32 Å². The van der Waals surface area contributed by atoms with E-state index in [1.165, 1.54) is 18.4 Å². The monoisotopic (exact) mass is 259 g/mol. The Bertz CT molecular complexity index is 479. The van der Waals surface area contributed by atoms with Crippen LogP contribution in [0, 0.1) is 0 Å². The third-order valence-electron chi connectivity index (χ3n) is 3.54. The Morgan fingerprint density at radius 2 is 2.26 bits per heavy atom. The van der Waals surface area contributed by atoms with E-state index in [0.717, 1.165) is 18.4 Å². The van der Waals surface area contributed by atoms with Gasteiger partial charge in [0.15, 0.2) is 0 Å². The zero-order valence-corrected chi connectivity index (χ0v) is 11.4. The molecule has 1 amide bonds. The number of phenolic OH excluding ortho intramolecular Hbond substituents is 1. The summed E-state index contributed by atoms with van der Waals surface area (Å²) in [5.74, 6) is 0.206. The zero-order valence-electron chi connectivity index (χ0n) is 11.4. The van der Waals surface area contributed by atoms with Crippen molar-refractivity contribution in [2.75, 3.05) is 0 Å². The zero-order chi connectivity index (χ0) is 13.7. The van der Waals surface area contributed by atoms with Gasteiger partial charge in [-0.3, -0.25) is 4.79 Å². The Morgan fingerprint density at radius 1 is 1.42 bits per heavy atom. The fourth-order valence-electron chi connectivity index (χ4n) is 2.49. The topological polar surface area (TPSA) is 49.3 Å². The van der Waals surface area contributed by atoms with E-state index in [2.05, 4.69) is 11.4 Å². The van der Waals surface area contributed by atoms with Crippen molar-refractivity contribution in [2.24, 2.45) is 0 Å². The van der Waals surface area contributed by atoms with E-state index in [-0.39, 0.29) is 17.7 Å². The second-order valence-corrected chi connectivity index (χ2v) is 5.16. The molecular weight excluding hydrogens is 238 g/mol. The number of hydrogen-bond acceptors (Lipinski definition) is 2. The first-order chi connectivity index (χ1) is 9.15. The van der Waals surface area contributed by atoms with Gasteiger partial charge in [-0.05, 0) is 50.3 Å². The molecule has 102 valence electrons. The highest BCUT2D eigenvalue weighted by atomic mass is 16.3. The molecule has 2 N–H and O–H groups in total. The van der Waals surface area contributed by atoms with Gasteiger partial charge >= 0.3 is 0 Å². The molecule has 19 heavy (non-hydrogen) atoms. The quantitative estimate of drug-likeness (QED) is 0.817. The molecule has 2 rings (SSSR count). The van der Waals surface area contributed by atoms with Crippen LogP contribution in [0.25, 0.3) is 0 Å². The minimum absolute atomic E-state index is 0.00423. The van der Waals surface area contributed by atoms with Gasteiger partial charge in [-0.25, -0.2) is 0 Å². The van der Waals surface area contributed by atoms with E-state index in [1.807, 2.05) is 13.0 Å². The van der Waals surface area contributed by atoms with Gasteiger partial charge in [-0.2, -0.15) is 0 Å². The number of aromatic hydroxyl groups is 1. The molecule has 1 aromatic rings. The summed E-state index contributed by atoms with van der Waals surface area (Å²) >= 11 is 0. The lowest BCUT2D eigenvalue weighted by Crippen LogP contribution is -2.35. The van der Waals surface area contributed by atoms with Crippen LogP contribution in [0.5, 0.6) is 5.75 Å². The van der Waals surface area contributed by atoms with Gasteiger partial charge in [-0.1, -0.05) is 23.8 Å². The molecule has 1 aromatic carbocycles. The molecule has 3 nitrogen and oxygen atoms in total. The minimum Gasteiger partial charge on any atom is -0.508 e. The third-order valence-corrected chi connectivity index (χ3v) is 3.54. The minimum atomic E-state index is 0.00423. The normalized spacial score (nSPS) is 16.6. The number of carbonyl (C=O) groups is 1. The van der Waals surface area contributed by atoms with Crippen molar-refractivity contribution in [2.45, 2.75) is 45.1 Å². The first-order valence-electron chi connectivity index (χ1n) is 6.91. The van der Waals surface area contributed by atoms with Gasteiger partial charge in [0.1, 0.15) is 5.75 Å². The van der Waals surface area contributed by atoms with Gasteiger partial charge in [-0.15, -0.1) is 0 Å². The number of nitrogens with one attached hydrogen (secondary N) is 1. The van der Waals surface area contributed by atoms with Gasteiger partial charge in [0.2, 0.25) is 5.91 Å². The number of carbonyl (C=O) groups excluding carboxylic acids is 1. The smallest absolute Gasteiger partial charge is 0.224 e. The predicted molar refractivity (Wildman–Crippen MR) is 76.0 cm³/mol. The average Bonchev–Trinajstić information content (AvgIpc) is 2.39. The fraction of sp³-hybridized carbons (Fsp3) is 0.438. The predicted octanol–water partition coefficient (Wildman–Crippen LogP) is 2.94. The van der Waals surface area contributed by atoms with Gasteiger partial charge in [0, 0.05) is 6.04 Å². The maximum Gasteiger partial charge on any atom is 0.224 e. The molecule has 1 aliphatic rings. The van der Waals surface area contributed by atoms with Crippen molar-refractivity contribution in [3.8, 4) is 5.75 Å². The highest BCUT2D eigenvalue weighted by molar-refractivity contribution is 5.79. The second kappa shape index (κ2) is 6.41. The van der Waals surface area contributed by atoms with Crippen LogP contribution in [0.1, 0.15) is 38.2 Å². The molecule has 0 fully saturated rings. The van der Waals surface area contributed by atoms with Crippen LogP contribution in [0.4, 0.5) is 0 Å². The van der Waals surface area contributed by atoms with E-state index in [9.17, 15) is 9.90 Å². The number of phenols is 1. The third kappa shape index (κ3) is 4.12. The van der Waals surface area contributed by atoms with Crippen molar-refractivity contribution < 1.29 is 9.90 Å². The van der Waals surface area contributed by atoms with Crippen molar-refractivity contribution in [1.29, 1.82) is 0 Å². The molecule has 0 bridgehead atoms. The molecule has 0 spiro atoms. The summed E-state index contributed by atoms with van der Waals surface area (Å²) in [6.07, 6.45) is 7.26. The Hall–Kier alpha value is -1.77. The molecule has 0 heterocycles. The van der Waals surface area contributed by atoms with E-state index in [1.54, 1.807) is 18.2 Å². The lowest BCUT2D eigenvalue weighted by molar-refractivity contribution is -0.120. The van der Waals surface area contributed by atoms with Crippen LogP contribution in [-0.2, 0) is 11.2 Å². The Balaban J connectivity index is 1.88.